The standard InChI is InChI=1S/C5H18O2Si4.H2O3Si/c1-4-10(3)7-9-11(5-2)6-8;1-4(2)3/h4,10-11H,1,5,9H2,2-3,8H3;1-2H. The van der Waals surface area contributed by atoms with Crippen LogP contribution in [0.25, 0.3) is 0 Å². The molecule has 90 valence electrons. The van der Waals surface area contributed by atoms with E-state index in [-0.39, 0.29) is 9.28 Å². The van der Waals surface area contributed by atoms with Gasteiger partial charge in [0.1, 0.15) is 10.5 Å². The van der Waals surface area contributed by atoms with Crippen molar-refractivity contribution >= 4 is 46.5 Å². The Hall–Kier alpha value is 0.144. The Labute approximate surface area is 101 Å². The summed E-state index contributed by atoms with van der Waals surface area (Å²) in [6.45, 7) is 8.12. The van der Waals surface area contributed by atoms with Crippen LogP contribution in [-0.2, 0) is 12.7 Å². The maximum absolute atomic E-state index is 8.74. The fourth-order valence-corrected chi connectivity index (χ4v) is 12.0. The molecule has 2 N–H and O–H groups in total. The van der Waals surface area contributed by atoms with E-state index in [0.29, 0.717) is 0 Å². The first kappa shape index (κ1) is 17.5. The summed E-state index contributed by atoms with van der Waals surface area (Å²) < 4.78 is 20.0. The Morgan fingerprint density at radius 3 is 2.40 bits per heavy atom. The van der Waals surface area contributed by atoms with E-state index < -0.39 is 26.8 Å². The van der Waals surface area contributed by atoms with Crippen molar-refractivity contribution in [2.24, 2.45) is 0 Å². The zero-order valence-corrected chi connectivity index (χ0v) is 16.2. The first-order chi connectivity index (χ1) is 6.97. The smallest absolute Gasteiger partial charge is 0.511 e. The highest BCUT2D eigenvalue weighted by Crippen LogP contribution is 1.92. The summed E-state index contributed by atoms with van der Waals surface area (Å²) >= 11 is 0. The van der Waals surface area contributed by atoms with Gasteiger partial charge in [0.2, 0.25) is 0 Å². The van der Waals surface area contributed by atoms with Gasteiger partial charge in [0.25, 0.3) is 0 Å². The van der Waals surface area contributed by atoms with E-state index in [4.69, 9.17) is 22.3 Å². The van der Waals surface area contributed by atoms with Gasteiger partial charge in [0.05, 0.1) is 0 Å². The largest absolute Gasteiger partial charge is 0.761 e. The van der Waals surface area contributed by atoms with Crippen LogP contribution in [0, 0.1) is 0 Å². The predicted molar refractivity (Wildman–Crippen MR) is 72.4 cm³/mol. The molecule has 0 saturated heterocycles. The van der Waals surface area contributed by atoms with Crippen molar-refractivity contribution in [3.63, 3.8) is 0 Å². The average Bonchev–Trinajstić information content (AvgIpc) is 2.18. The molecule has 2 unspecified atom stereocenters. The van der Waals surface area contributed by atoms with Crippen LogP contribution >= 0.6 is 0 Å². The van der Waals surface area contributed by atoms with Crippen LogP contribution in [0.2, 0.25) is 12.6 Å². The molecule has 0 radical (unpaired) electrons. The molecule has 0 aromatic rings. The topological polar surface area (TPSA) is 76.0 Å². The molecule has 0 saturated carbocycles. The van der Waals surface area contributed by atoms with Crippen LogP contribution in [0.15, 0.2) is 12.3 Å². The second-order valence-electron chi connectivity index (χ2n) is 2.82. The lowest BCUT2D eigenvalue weighted by atomic mass is 11.0. The average molecular weight is 301 g/mol. The van der Waals surface area contributed by atoms with Crippen molar-refractivity contribution < 1.29 is 22.3 Å². The Balaban J connectivity index is 0. The SMILES string of the molecule is C=C[SiH](C)O[SiH2][SiH](CC)O[SiH3].O=[Si](O)O. The van der Waals surface area contributed by atoms with Gasteiger partial charge in [-0.2, -0.15) is 0 Å². The minimum atomic E-state index is -3.13. The molecule has 0 aromatic heterocycles. The molecular formula is C5H20O5Si5. The maximum atomic E-state index is 8.74. The summed E-state index contributed by atoms with van der Waals surface area (Å²) in [6, 6.07) is 1.24. The van der Waals surface area contributed by atoms with Gasteiger partial charge >= 0.3 is 9.17 Å². The summed E-state index contributed by atoms with van der Waals surface area (Å²) in [5, 5.41) is 0. The van der Waals surface area contributed by atoms with Gasteiger partial charge in [-0.05, 0) is 12.6 Å². The molecule has 5 nitrogen and oxygen atoms in total. The third kappa shape index (κ3) is 16.8. The summed E-state index contributed by atoms with van der Waals surface area (Å²) in [4.78, 5) is 14.3. The summed E-state index contributed by atoms with van der Waals surface area (Å²) in [6.07, 6.45) is 0. The highest BCUT2D eigenvalue weighted by Gasteiger charge is 2.09. The quantitative estimate of drug-likeness (QED) is 0.514. The molecule has 0 heterocycles. The van der Waals surface area contributed by atoms with Crippen LogP contribution in [0.3, 0.4) is 0 Å². The molecule has 0 aliphatic carbocycles. The Bertz CT molecular complexity index is 171. The van der Waals surface area contributed by atoms with Gasteiger partial charge in [0.15, 0.2) is 26.9 Å². The van der Waals surface area contributed by atoms with Gasteiger partial charge in [-0.25, -0.2) is 0 Å². The van der Waals surface area contributed by atoms with Crippen molar-refractivity contribution in [3.05, 3.63) is 12.3 Å². The fourth-order valence-electron chi connectivity index (χ4n) is 0.680. The molecular weight excluding hydrogens is 280 g/mol. The van der Waals surface area contributed by atoms with E-state index in [1.165, 1.54) is 6.04 Å². The first-order valence-corrected chi connectivity index (χ1v) is 14.2. The Morgan fingerprint density at radius 1 is 1.67 bits per heavy atom. The Morgan fingerprint density at radius 2 is 2.13 bits per heavy atom. The van der Waals surface area contributed by atoms with Crippen molar-refractivity contribution in [1.29, 1.82) is 0 Å². The second-order valence-corrected chi connectivity index (χ2v) is 14.6. The lowest BCUT2D eigenvalue weighted by Crippen LogP contribution is -2.30. The molecule has 0 rings (SSSR count). The maximum Gasteiger partial charge on any atom is 0.761 e. The van der Waals surface area contributed by atoms with Crippen molar-refractivity contribution in [1.82, 2.24) is 0 Å². The van der Waals surface area contributed by atoms with Crippen LogP contribution in [0.4, 0.5) is 0 Å². The zero-order chi connectivity index (χ0) is 12.3. The molecule has 0 aromatic carbocycles. The molecule has 0 aliphatic rings. The lowest BCUT2D eigenvalue weighted by molar-refractivity contribution is 0.330. The predicted octanol–water partition coefficient (Wildman–Crippen LogP) is -2.91. The molecule has 0 spiro atoms. The third-order valence-electron chi connectivity index (χ3n) is 1.67. The van der Waals surface area contributed by atoms with E-state index in [1.807, 2.05) is 5.70 Å². The van der Waals surface area contributed by atoms with Gasteiger partial charge in [-0.3, -0.25) is 4.46 Å². The van der Waals surface area contributed by atoms with Crippen LogP contribution < -0.4 is 0 Å². The molecule has 0 aliphatic heterocycles. The highest BCUT2D eigenvalue weighted by atomic mass is 29.2. The van der Waals surface area contributed by atoms with E-state index in [1.54, 1.807) is 0 Å². The van der Waals surface area contributed by atoms with E-state index in [2.05, 4.69) is 20.0 Å². The molecule has 10 heteroatoms. The molecule has 15 heavy (non-hydrogen) atoms. The zero-order valence-electron chi connectivity index (χ0n) is 9.47. The molecule has 0 bridgehead atoms. The summed E-state index contributed by atoms with van der Waals surface area (Å²) in [7, 11) is -4.29. The molecule has 0 fully saturated rings. The monoisotopic (exact) mass is 300 g/mol. The van der Waals surface area contributed by atoms with Crippen molar-refractivity contribution in [2.75, 3.05) is 0 Å². The lowest BCUT2D eigenvalue weighted by Gasteiger charge is -2.13. The van der Waals surface area contributed by atoms with E-state index in [0.717, 1.165) is 10.5 Å². The van der Waals surface area contributed by atoms with E-state index >= 15 is 0 Å². The minimum Gasteiger partial charge on any atom is -0.511 e. The van der Waals surface area contributed by atoms with E-state index in [9.17, 15) is 0 Å². The summed E-state index contributed by atoms with van der Waals surface area (Å²) in [5.74, 6) is 0. The van der Waals surface area contributed by atoms with Crippen molar-refractivity contribution in [3.8, 4) is 0 Å². The number of rotatable bonds is 6. The normalized spacial score (nSPS) is 14.3. The van der Waals surface area contributed by atoms with Crippen LogP contribution in [0.1, 0.15) is 6.92 Å². The number of hydrogen-bond acceptors (Lipinski definition) is 3. The van der Waals surface area contributed by atoms with Crippen LogP contribution in [-0.4, -0.2) is 56.1 Å². The highest BCUT2D eigenvalue weighted by molar-refractivity contribution is 7.08. The first-order valence-electron chi connectivity index (χ1n) is 4.66. The van der Waals surface area contributed by atoms with Gasteiger partial charge in [-0.15, -0.1) is 6.58 Å². The second kappa shape index (κ2) is 12.2. The van der Waals surface area contributed by atoms with Gasteiger partial charge in [0, 0.05) is 0 Å². The van der Waals surface area contributed by atoms with Crippen LogP contribution in [0.5, 0.6) is 0 Å². The van der Waals surface area contributed by atoms with Gasteiger partial charge in [-0.1, -0.05) is 12.6 Å². The minimum absolute atomic E-state index is 0.291. The van der Waals surface area contributed by atoms with Crippen molar-refractivity contribution in [2.45, 2.75) is 19.5 Å². The molecule has 2 atom stereocenters. The van der Waals surface area contributed by atoms with Gasteiger partial charge < -0.3 is 17.8 Å². The number of hydrogen-bond donors (Lipinski definition) is 2. The molecule has 0 amide bonds. The fraction of sp³-hybridized carbons (Fsp3) is 0.600. The third-order valence-corrected chi connectivity index (χ3v) is 16.7. The summed E-state index contributed by atoms with van der Waals surface area (Å²) in [5.41, 5.74) is 1.99. The Kier molecular flexibility index (Phi) is 14.3.